The van der Waals surface area contributed by atoms with Gasteiger partial charge in [-0.2, -0.15) is 0 Å². The molecule has 34 heavy (non-hydrogen) atoms. The lowest BCUT2D eigenvalue weighted by atomic mass is 9.53. The fraction of sp³-hybridized carbons (Fsp3) is 0.826. The lowest BCUT2D eigenvalue weighted by Gasteiger charge is -2.45. The Balaban J connectivity index is 1.56. The molecule has 0 aromatic rings. The van der Waals surface area contributed by atoms with Crippen LogP contribution < -0.4 is 0 Å². The van der Waals surface area contributed by atoms with E-state index in [2.05, 4.69) is 6.92 Å². The number of aliphatic hydroxyl groups excluding tert-OH is 1. The third-order valence-electron chi connectivity index (χ3n) is 9.41. The van der Waals surface area contributed by atoms with Gasteiger partial charge in [-0.05, 0) is 18.8 Å². The molecule has 2 spiro atoms. The quantitative estimate of drug-likeness (QED) is 0.291. The highest BCUT2D eigenvalue weighted by atomic mass is 16.8. The number of aliphatic hydroxyl groups is 1. The molecule has 2 aliphatic carbocycles. The normalized spacial score (nSPS) is 51.6. The molecule has 2 saturated carbocycles. The number of unbranched alkanes of at least 4 members (excludes halogenated alkanes) is 2. The number of aliphatic carboxylic acids is 1. The van der Waals surface area contributed by atoms with Gasteiger partial charge in [-0.3, -0.25) is 4.79 Å². The van der Waals surface area contributed by atoms with Gasteiger partial charge in [0.2, 0.25) is 6.29 Å². The number of rotatable bonds is 7. The third kappa shape index (κ3) is 2.08. The van der Waals surface area contributed by atoms with Crippen molar-refractivity contribution in [3.05, 3.63) is 0 Å². The number of carboxylic acids is 1. The molecule has 0 aromatic carbocycles. The van der Waals surface area contributed by atoms with Gasteiger partial charge in [0.1, 0.15) is 24.9 Å². The first kappa shape index (κ1) is 22.2. The van der Waals surface area contributed by atoms with Crippen molar-refractivity contribution in [1.82, 2.24) is 0 Å². The number of carbonyl (C=O) groups is 4. The molecule has 4 unspecified atom stereocenters. The monoisotopic (exact) mass is 480 g/mol. The zero-order chi connectivity index (χ0) is 24.2. The number of hydrogen-bond donors (Lipinski definition) is 2. The van der Waals surface area contributed by atoms with Crippen LogP contribution in [0.5, 0.6) is 0 Å². The van der Waals surface area contributed by atoms with E-state index < -0.39 is 89.5 Å². The summed E-state index contributed by atoms with van der Waals surface area (Å²) in [5.41, 5.74) is -4.60. The van der Waals surface area contributed by atoms with Crippen LogP contribution in [0.1, 0.15) is 46.0 Å². The fourth-order valence-corrected chi connectivity index (χ4v) is 8.55. The van der Waals surface area contributed by atoms with Gasteiger partial charge in [0, 0.05) is 0 Å². The molecular formula is C23H28O11. The minimum absolute atomic E-state index is 0.311. The molecule has 6 rings (SSSR count). The Hall–Kier alpha value is -2.24. The summed E-state index contributed by atoms with van der Waals surface area (Å²) >= 11 is 0. The zero-order valence-corrected chi connectivity index (χ0v) is 18.9. The van der Waals surface area contributed by atoms with Crippen LogP contribution in [0.3, 0.4) is 0 Å². The van der Waals surface area contributed by atoms with Gasteiger partial charge in [0.25, 0.3) is 0 Å². The van der Waals surface area contributed by atoms with E-state index >= 15 is 0 Å². The molecule has 0 aromatic heterocycles. The van der Waals surface area contributed by atoms with E-state index in [-0.39, 0.29) is 5.92 Å². The molecule has 11 atom stereocenters. The molecule has 186 valence electrons. The largest absolute Gasteiger partial charge is 0.480 e. The molecule has 6 fully saturated rings. The van der Waals surface area contributed by atoms with Crippen LogP contribution in [0, 0.1) is 28.6 Å². The Labute approximate surface area is 195 Å². The maximum atomic E-state index is 13.5. The molecule has 2 N–H and O–H groups in total. The first-order valence-corrected chi connectivity index (χ1v) is 12.0. The lowest BCUT2D eigenvalue weighted by Crippen LogP contribution is -2.62. The summed E-state index contributed by atoms with van der Waals surface area (Å²) in [4.78, 5) is 50.4. The van der Waals surface area contributed by atoms with Crippen molar-refractivity contribution >= 4 is 23.9 Å². The second-order valence-corrected chi connectivity index (χ2v) is 10.5. The molecule has 0 bridgehead atoms. The van der Waals surface area contributed by atoms with Crippen LogP contribution in [-0.4, -0.2) is 77.0 Å². The zero-order valence-electron chi connectivity index (χ0n) is 18.9. The number of hydrogen-bond acceptors (Lipinski definition) is 10. The fourth-order valence-electron chi connectivity index (χ4n) is 8.55. The number of esters is 3. The predicted octanol–water partition coefficient (Wildman–Crippen LogP) is 0.159. The van der Waals surface area contributed by atoms with Gasteiger partial charge in [0.05, 0.1) is 22.7 Å². The minimum atomic E-state index is -1.76. The first-order chi connectivity index (χ1) is 16.2. The Morgan fingerprint density at radius 1 is 1.15 bits per heavy atom. The molecule has 11 heteroatoms. The average Bonchev–Trinajstić information content (AvgIpc) is 3.50. The summed E-state index contributed by atoms with van der Waals surface area (Å²) in [7, 11) is 0. The highest BCUT2D eigenvalue weighted by molar-refractivity contribution is 5.92. The van der Waals surface area contributed by atoms with Crippen molar-refractivity contribution in [3.63, 3.8) is 0 Å². The highest BCUT2D eigenvalue weighted by Gasteiger charge is 3.00. The van der Waals surface area contributed by atoms with Gasteiger partial charge in [-0.25, -0.2) is 14.4 Å². The predicted molar refractivity (Wildman–Crippen MR) is 107 cm³/mol. The Morgan fingerprint density at radius 3 is 2.62 bits per heavy atom. The van der Waals surface area contributed by atoms with E-state index in [9.17, 15) is 29.4 Å². The lowest BCUT2D eigenvalue weighted by molar-refractivity contribution is -0.206. The van der Waals surface area contributed by atoms with Crippen molar-refractivity contribution in [3.8, 4) is 0 Å². The van der Waals surface area contributed by atoms with Gasteiger partial charge in [0.15, 0.2) is 11.7 Å². The maximum absolute atomic E-state index is 13.5. The van der Waals surface area contributed by atoms with E-state index in [1.165, 1.54) is 0 Å². The van der Waals surface area contributed by atoms with Crippen LogP contribution in [0.2, 0.25) is 0 Å². The van der Waals surface area contributed by atoms with Crippen molar-refractivity contribution in [1.29, 1.82) is 0 Å². The van der Waals surface area contributed by atoms with Crippen LogP contribution in [0.4, 0.5) is 0 Å². The van der Waals surface area contributed by atoms with Gasteiger partial charge in [-0.15, -0.1) is 0 Å². The summed E-state index contributed by atoms with van der Waals surface area (Å²) in [5, 5.41) is 21.1. The molecule has 0 radical (unpaired) electrons. The number of carboxylic acid groups (broad SMARTS) is 1. The number of carbonyl (C=O) groups excluding carboxylic acids is 3. The summed E-state index contributed by atoms with van der Waals surface area (Å²) in [5.74, 6) is -5.20. The van der Waals surface area contributed by atoms with E-state index in [4.69, 9.17) is 23.7 Å². The molecule has 4 heterocycles. The molecular weight excluding hydrogens is 452 g/mol. The summed E-state index contributed by atoms with van der Waals surface area (Å²) in [6, 6.07) is 0. The number of ether oxygens (including phenoxy) is 5. The SMILES string of the molecule is CCCCC[C@@H]1CC2OC(=O)[C@@]34O[C@@H]5OC(=O)[C@H](OCC(=O)O)C15[C@@]23[C@@H](O)[C@@H]1OC(=O)C(C)C14. The highest BCUT2D eigenvalue weighted by Crippen LogP contribution is 2.83. The van der Waals surface area contributed by atoms with E-state index in [0.717, 1.165) is 19.3 Å². The topological polar surface area (TPSA) is 155 Å². The van der Waals surface area contributed by atoms with E-state index in [1.54, 1.807) is 6.92 Å². The summed E-state index contributed by atoms with van der Waals surface area (Å²) < 4.78 is 29.1. The standard InChI is InChI=1S/C23H28O11/c1-3-4-5-6-10-7-11-22-15(26)14-13(9(2)17(27)32-14)23(22,19(29)31-11)34-20-21(10,22)16(18(28)33-20)30-8-12(24)25/h9-11,13-16,20,26H,3-8H2,1-2H3,(H,24,25)/t9?,10-,11?,13?,14-,15+,16+,20+,21?,22+,23-/m1/s1. The van der Waals surface area contributed by atoms with Gasteiger partial charge < -0.3 is 33.9 Å². The van der Waals surface area contributed by atoms with Gasteiger partial charge >= 0.3 is 23.9 Å². The Morgan fingerprint density at radius 2 is 1.91 bits per heavy atom. The van der Waals surface area contributed by atoms with E-state index in [0.29, 0.717) is 12.8 Å². The third-order valence-corrected chi connectivity index (χ3v) is 9.41. The van der Waals surface area contributed by atoms with Crippen molar-refractivity contribution in [2.45, 2.75) is 82.3 Å². The molecule has 0 amide bonds. The average molecular weight is 480 g/mol. The van der Waals surface area contributed by atoms with Crippen LogP contribution in [0.15, 0.2) is 0 Å². The van der Waals surface area contributed by atoms with Crippen molar-refractivity contribution < 1.29 is 53.1 Å². The Bertz CT molecular complexity index is 980. The number of fused-ring (bicyclic) bond motifs is 1. The second-order valence-electron chi connectivity index (χ2n) is 10.5. The molecule has 4 saturated heterocycles. The van der Waals surface area contributed by atoms with Crippen LogP contribution in [0.25, 0.3) is 0 Å². The Kier molecular flexibility index (Phi) is 4.52. The minimum Gasteiger partial charge on any atom is -0.480 e. The maximum Gasteiger partial charge on any atom is 0.340 e. The summed E-state index contributed by atoms with van der Waals surface area (Å²) in [6.45, 7) is 2.93. The first-order valence-electron chi connectivity index (χ1n) is 12.0. The van der Waals surface area contributed by atoms with Gasteiger partial charge in [-0.1, -0.05) is 33.1 Å². The smallest absolute Gasteiger partial charge is 0.340 e. The second kappa shape index (κ2) is 6.92. The summed E-state index contributed by atoms with van der Waals surface area (Å²) in [6.07, 6.45) is -2.14. The molecule has 6 aliphatic rings. The van der Waals surface area contributed by atoms with Crippen LogP contribution >= 0.6 is 0 Å². The molecule has 11 nitrogen and oxygen atoms in total. The van der Waals surface area contributed by atoms with Crippen molar-refractivity contribution in [2.75, 3.05) is 6.61 Å². The van der Waals surface area contributed by atoms with Crippen molar-refractivity contribution in [2.24, 2.45) is 28.6 Å². The van der Waals surface area contributed by atoms with Crippen LogP contribution in [-0.2, 0) is 42.9 Å². The molecule has 4 aliphatic heterocycles. The van der Waals surface area contributed by atoms with E-state index in [1.807, 2.05) is 0 Å².